The molecule has 0 saturated carbocycles. The van der Waals surface area contributed by atoms with Gasteiger partial charge in [-0.2, -0.15) is 0 Å². The van der Waals surface area contributed by atoms with Crippen molar-refractivity contribution in [1.82, 2.24) is 0 Å². The zero-order valence-electron chi connectivity index (χ0n) is 20.0. The minimum absolute atomic E-state index is 0.0815. The predicted octanol–water partition coefficient (Wildman–Crippen LogP) is 7.91. The molecule has 6 rings (SSSR count). The van der Waals surface area contributed by atoms with E-state index in [1.807, 2.05) is 49.4 Å². The summed E-state index contributed by atoms with van der Waals surface area (Å²) in [5, 5.41) is 13.4. The standard InChI is InChI=1S/C30H25NO3S2/c1-3-27-23-9-5-4-8-22(23)25-17-20(26-18-35-30-11-7-6-10-24(26)30)12-14-28(25)31(27)36(33,34)21-13-15-29(32)19(2)16-21/h4-18,27,32H,3H2,1-2H3. The van der Waals surface area contributed by atoms with Gasteiger partial charge in [0.15, 0.2) is 0 Å². The maximum absolute atomic E-state index is 14.1. The molecule has 1 aromatic heterocycles. The molecule has 180 valence electrons. The van der Waals surface area contributed by atoms with Gasteiger partial charge < -0.3 is 5.11 Å². The molecule has 36 heavy (non-hydrogen) atoms. The lowest BCUT2D eigenvalue weighted by molar-refractivity contribution is 0.470. The molecule has 1 N–H and O–H groups in total. The molecule has 2 heterocycles. The maximum Gasteiger partial charge on any atom is 0.264 e. The monoisotopic (exact) mass is 511 g/mol. The summed E-state index contributed by atoms with van der Waals surface area (Å²) in [5.74, 6) is 0.0815. The smallest absolute Gasteiger partial charge is 0.264 e. The first-order valence-corrected chi connectivity index (χ1v) is 14.3. The van der Waals surface area contributed by atoms with Crippen LogP contribution in [0.15, 0.2) is 95.2 Å². The second kappa shape index (κ2) is 8.50. The Morgan fingerprint density at radius 1 is 0.889 bits per heavy atom. The summed E-state index contributed by atoms with van der Waals surface area (Å²) in [5.41, 5.74) is 6.39. The van der Waals surface area contributed by atoms with Gasteiger partial charge in [-0.3, -0.25) is 4.31 Å². The van der Waals surface area contributed by atoms with Gasteiger partial charge in [-0.05, 0) is 77.4 Å². The van der Waals surface area contributed by atoms with Gasteiger partial charge in [0.1, 0.15) is 5.75 Å². The zero-order valence-corrected chi connectivity index (χ0v) is 21.6. The average Bonchev–Trinajstić information content (AvgIpc) is 3.33. The summed E-state index contributed by atoms with van der Waals surface area (Å²) in [6, 6.07) is 26.7. The lowest BCUT2D eigenvalue weighted by Crippen LogP contribution is -2.37. The first kappa shape index (κ1) is 22.8. The fourth-order valence-corrected chi connectivity index (χ4v) is 8.00. The van der Waals surface area contributed by atoms with Crippen LogP contribution in [0.3, 0.4) is 0 Å². The molecule has 4 nitrogen and oxygen atoms in total. The molecule has 0 saturated heterocycles. The molecule has 6 heteroatoms. The number of rotatable bonds is 4. The first-order chi connectivity index (χ1) is 17.4. The van der Waals surface area contributed by atoms with E-state index in [-0.39, 0.29) is 16.7 Å². The predicted molar refractivity (Wildman–Crippen MR) is 148 cm³/mol. The van der Waals surface area contributed by atoms with Crippen molar-refractivity contribution in [3.8, 4) is 28.0 Å². The van der Waals surface area contributed by atoms with Gasteiger partial charge in [-0.25, -0.2) is 8.42 Å². The highest BCUT2D eigenvalue weighted by atomic mass is 32.2. The van der Waals surface area contributed by atoms with Crippen LogP contribution < -0.4 is 4.31 Å². The van der Waals surface area contributed by atoms with Crippen LogP contribution in [0.25, 0.3) is 32.3 Å². The minimum Gasteiger partial charge on any atom is -0.508 e. The molecule has 1 unspecified atom stereocenters. The lowest BCUT2D eigenvalue weighted by atomic mass is 9.87. The van der Waals surface area contributed by atoms with Gasteiger partial charge in [0.05, 0.1) is 16.6 Å². The number of aryl methyl sites for hydroxylation is 1. The Kier molecular flexibility index (Phi) is 5.39. The van der Waals surface area contributed by atoms with E-state index in [9.17, 15) is 13.5 Å². The summed E-state index contributed by atoms with van der Waals surface area (Å²) in [4.78, 5) is 0.175. The number of sulfonamides is 1. The van der Waals surface area contributed by atoms with Crippen LogP contribution in [-0.4, -0.2) is 13.5 Å². The summed E-state index contributed by atoms with van der Waals surface area (Å²) in [6.45, 7) is 3.73. The van der Waals surface area contributed by atoms with E-state index in [0.717, 1.165) is 27.8 Å². The molecule has 1 aliphatic heterocycles. The molecule has 0 aliphatic carbocycles. The number of anilines is 1. The zero-order chi connectivity index (χ0) is 25.0. The number of phenols is 1. The van der Waals surface area contributed by atoms with Gasteiger partial charge in [0, 0.05) is 21.2 Å². The van der Waals surface area contributed by atoms with Crippen molar-refractivity contribution in [1.29, 1.82) is 0 Å². The van der Waals surface area contributed by atoms with Crippen molar-refractivity contribution < 1.29 is 13.5 Å². The van der Waals surface area contributed by atoms with E-state index in [2.05, 4.69) is 29.6 Å². The van der Waals surface area contributed by atoms with E-state index in [4.69, 9.17) is 0 Å². The molecule has 4 aromatic carbocycles. The summed E-state index contributed by atoms with van der Waals surface area (Å²) in [7, 11) is -3.90. The summed E-state index contributed by atoms with van der Waals surface area (Å²) < 4.78 is 31.1. The fraction of sp³-hybridized carbons (Fsp3) is 0.133. The molecule has 1 atom stereocenters. The van der Waals surface area contributed by atoms with Gasteiger partial charge in [-0.1, -0.05) is 55.5 Å². The highest BCUT2D eigenvalue weighted by Crippen LogP contribution is 2.50. The summed E-state index contributed by atoms with van der Waals surface area (Å²) in [6.07, 6.45) is 0.629. The number of benzene rings is 4. The maximum atomic E-state index is 14.1. The Balaban J connectivity index is 1.59. The lowest BCUT2D eigenvalue weighted by Gasteiger charge is -2.39. The van der Waals surface area contributed by atoms with Crippen LogP contribution in [0.1, 0.15) is 30.5 Å². The van der Waals surface area contributed by atoms with Crippen molar-refractivity contribution in [2.45, 2.75) is 31.2 Å². The minimum atomic E-state index is -3.90. The van der Waals surface area contributed by atoms with E-state index >= 15 is 0 Å². The Morgan fingerprint density at radius 2 is 1.67 bits per heavy atom. The van der Waals surface area contributed by atoms with Crippen LogP contribution in [0.2, 0.25) is 0 Å². The van der Waals surface area contributed by atoms with Gasteiger partial charge in [0.2, 0.25) is 0 Å². The van der Waals surface area contributed by atoms with E-state index in [1.165, 1.54) is 22.2 Å². The SMILES string of the molecule is CCC1c2ccccc2-c2cc(-c3csc4ccccc34)ccc2N1S(=O)(=O)c1ccc(O)c(C)c1. The van der Waals surface area contributed by atoms with Crippen LogP contribution >= 0.6 is 11.3 Å². The molecule has 0 radical (unpaired) electrons. The Hall–Kier alpha value is -3.61. The van der Waals surface area contributed by atoms with Gasteiger partial charge in [-0.15, -0.1) is 11.3 Å². The number of thiophene rings is 1. The molecule has 0 bridgehead atoms. The van der Waals surface area contributed by atoms with Crippen LogP contribution in [-0.2, 0) is 10.0 Å². The summed E-state index contributed by atoms with van der Waals surface area (Å²) >= 11 is 1.71. The highest BCUT2D eigenvalue weighted by molar-refractivity contribution is 7.92. The highest BCUT2D eigenvalue weighted by Gasteiger charge is 2.38. The van der Waals surface area contributed by atoms with Crippen LogP contribution in [0, 0.1) is 6.92 Å². The van der Waals surface area contributed by atoms with Crippen molar-refractivity contribution in [3.63, 3.8) is 0 Å². The van der Waals surface area contributed by atoms with Crippen molar-refractivity contribution in [2.75, 3.05) is 4.31 Å². The fourth-order valence-electron chi connectivity index (χ4n) is 5.22. The third kappa shape index (κ3) is 3.44. The number of fused-ring (bicyclic) bond motifs is 4. The third-order valence-corrected chi connectivity index (χ3v) is 9.81. The third-order valence-electron chi connectivity index (χ3n) is 7.03. The molecular weight excluding hydrogens is 486 g/mol. The number of hydrogen-bond donors (Lipinski definition) is 1. The van der Waals surface area contributed by atoms with Gasteiger partial charge in [0.25, 0.3) is 10.0 Å². The molecular formula is C30H25NO3S2. The average molecular weight is 512 g/mol. The number of aromatic hydroxyl groups is 1. The largest absolute Gasteiger partial charge is 0.508 e. The van der Waals surface area contributed by atoms with Crippen LogP contribution in [0.4, 0.5) is 5.69 Å². The van der Waals surface area contributed by atoms with Crippen molar-refractivity contribution in [2.24, 2.45) is 0 Å². The molecule has 0 fully saturated rings. The second-order valence-corrected chi connectivity index (χ2v) is 11.9. The van der Waals surface area contributed by atoms with E-state index in [1.54, 1.807) is 28.6 Å². The normalized spacial score (nSPS) is 15.1. The Bertz CT molecular complexity index is 1740. The topological polar surface area (TPSA) is 57.6 Å². The molecule has 0 amide bonds. The van der Waals surface area contributed by atoms with Crippen molar-refractivity contribution in [3.05, 3.63) is 101 Å². The first-order valence-electron chi connectivity index (χ1n) is 11.9. The number of nitrogens with zero attached hydrogens (tertiary/aromatic N) is 1. The Labute approximate surface area is 215 Å². The Morgan fingerprint density at radius 3 is 2.47 bits per heavy atom. The second-order valence-electron chi connectivity index (χ2n) is 9.14. The number of phenolic OH excluding ortho intramolecular Hbond substituents is 1. The van der Waals surface area contributed by atoms with E-state index in [0.29, 0.717) is 17.7 Å². The quantitative estimate of drug-likeness (QED) is 0.267. The van der Waals surface area contributed by atoms with Crippen molar-refractivity contribution >= 4 is 37.1 Å². The van der Waals surface area contributed by atoms with E-state index < -0.39 is 10.0 Å². The van der Waals surface area contributed by atoms with Gasteiger partial charge >= 0.3 is 0 Å². The molecule has 5 aromatic rings. The molecule has 0 spiro atoms. The molecule has 1 aliphatic rings. The number of hydrogen-bond acceptors (Lipinski definition) is 4. The van der Waals surface area contributed by atoms with Crippen LogP contribution in [0.5, 0.6) is 5.75 Å².